The summed E-state index contributed by atoms with van der Waals surface area (Å²) in [6, 6.07) is 23.5. The molecule has 1 aliphatic rings. The summed E-state index contributed by atoms with van der Waals surface area (Å²) in [5, 5.41) is 5.86. The zero-order valence-electron chi connectivity index (χ0n) is 21.3. The fourth-order valence-corrected chi connectivity index (χ4v) is 4.44. The van der Waals surface area contributed by atoms with Crippen LogP contribution in [-0.2, 0) is 9.53 Å². The van der Waals surface area contributed by atoms with E-state index in [2.05, 4.69) is 10.6 Å². The summed E-state index contributed by atoms with van der Waals surface area (Å²) in [6.45, 7) is 4.32. The number of anilines is 1. The molecule has 0 saturated heterocycles. The number of amides is 3. The zero-order chi connectivity index (χ0) is 26.4. The largest absolute Gasteiger partial charge is 0.466 e. The summed E-state index contributed by atoms with van der Waals surface area (Å²) in [5.74, 6) is -0.757. The Labute approximate surface area is 217 Å². The average molecular weight is 498 g/mol. The van der Waals surface area contributed by atoms with Gasteiger partial charge in [-0.2, -0.15) is 0 Å². The molecule has 1 aliphatic heterocycles. The highest BCUT2D eigenvalue weighted by Crippen LogP contribution is 2.32. The molecule has 1 atom stereocenters. The first-order chi connectivity index (χ1) is 17.9. The van der Waals surface area contributed by atoms with Gasteiger partial charge in [-0.15, -0.1) is 0 Å². The Morgan fingerprint density at radius 1 is 0.973 bits per heavy atom. The molecule has 0 fully saturated rings. The van der Waals surface area contributed by atoms with Gasteiger partial charge in [0.15, 0.2) is 0 Å². The van der Waals surface area contributed by atoms with Gasteiger partial charge in [-0.1, -0.05) is 67.9 Å². The minimum atomic E-state index is -0.695. The molecule has 7 heteroatoms. The molecule has 37 heavy (non-hydrogen) atoms. The lowest BCUT2D eigenvalue weighted by Crippen LogP contribution is -2.48. The first kappa shape index (κ1) is 25.7. The quantitative estimate of drug-likeness (QED) is 0.378. The fraction of sp³-hybridized carbons (Fsp3) is 0.233. The molecule has 0 spiro atoms. The summed E-state index contributed by atoms with van der Waals surface area (Å²) >= 11 is 0. The lowest BCUT2D eigenvalue weighted by molar-refractivity contribution is -0.136. The second kappa shape index (κ2) is 11.6. The van der Waals surface area contributed by atoms with Crippen LogP contribution in [0.2, 0.25) is 0 Å². The highest BCUT2D eigenvalue weighted by atomic mass is 16.5. The number of esters is 1. The van der Waals surface area contributed by atoms with Crippen LogP contribution in [0, 0.1) is 0 Å². The number of hydrogen-bond acceptors (Lipinski definition) is 4. The van der Waals surface area contributed by atoms with Gasteiger partial charge in [0.05, 0.1) is 18.7 Å². The molecule has 2 N–H and O–H groups in total. The molecule has 7 nitrogen and oxygen atoms in total. The summed E-state index contributed by atoms with van der Waals surface area (Å²) < 4.78 is 5.05. The molecule has 0 aliphatic carbocycles. The lowest BCUT2D eigenvalue weighted by Gasteiger charge is -2.35. The van der Waals surface area contributed by atoms with Crippen LogP contribution in [0.15, 0.2) is 90.1 Å². The molecule has 0 saturated carbocycles. The number of carbonyl (C=O) groups excluding carboxylic acids is 3. The van der Waals surface area contributed by atoms with Crippen LogP contribution in [0.5, 0.6) is 0 Å². The number of carbonyl (C=O) groups is 3. The van der Waals surface area contributed by atoms with Gasteiger partial charge < -0.3 is 15.4 Å². The van der Waals surface area contributed by atoms with Crippen LogP contribution in [0.4, 0.5) is 10.5 Å². The van der Waals surface area contributed by atoms with E-state index >= 15 is 0 Å². The van der Waals surface area contributed by atoms with Crippen molar-refractivity contribution in [3.05, 3.63) is 101 Å². The molecule has 1 heterocycles. The van der Waals surface area contributed by atoms with Gasteiger partial charge >= 0.3 is 12.0 Å². The van der Waals surface area contributed by atoms with Crippen LogP contribution < -0.4 is 10.6 Å². The van der Waals surface area contributed by atoms with Gasteiger partial charge in [-0.05, 0) is 54.3 Å². The van der Waals surface area contributed by atoms with Gasteiger partial charge in [-0.25, -0.2) is 9.59 Å². The van der Waals surface area contributed by atoms with E-state index in [9.17, 15) is 14.4 Å². The standard InChI is InChI=1S/C30H31N3O4/c1-4-5-18-33-20(2)26(29(35)37-3)27(32-30(33)36)24-12-9-13-25(19-24)31-28(34)23-16-14-22(15-17-23)21-10-7-6-8-11-21/h6-17,19,27H,4-5,18H2,1-3H3,(H,31,34)(H,32,36)/t27-/m1/s1. The van der Waals surface area contributed by atoms with Crippen molar-refractivity contribution in [3.63, 3.8) is 0 Å². The van der Waals surface area contributed by atoms with Crippen LogP contribution >= 0.6 is 0 Å². The van der Waals surface area contributed by atoms with E-state index in [1.165, 1.54) is 7.11 Å². The minimum absolute atomic E-state index is 0.255. The SMILES string of the molecule is CCCCN1C(=O)N[C@H](c2cccc(NC(=O)c3ccc(-c4ccccc4)cc3)c2)C(C(=O)OC)=C1C. The number of rotatable bonds is 8. The number of nitrogens with one attached hydrogen (secondary N) is 2. The fourth-order valence-electron chi connectivity index (χ4n) is 4.44. The Hall–Kier alpha value is -4.39. The van der Waals surface area contributed by atoms with E-state index in [1.807, 2.05) is 55.5 Å². The number of allylic oxidation sites excluding steroid dienone is 1. The molecule has 0 unspecified atom stereocenters. The van der Waals surface area contributed by atoms with Gasteiger partial charge in [0.1, 0.15) is 0 Å². The Morgan fingerprint density at radius 3 is 2.35 bits per heavy atom. The summed E-state index contributed by atoms with van der Waals surface area (Å²) in [7, 11) is 1.33. The van der Waals surface area contributed by atoms with Crippen molar-refractivity contribution >= 4 is 23.6 Å². The monoisotopic (exact) mass is 497 g/mol. The van der Waals surface area contributed by atoms with Crippen LogP contribution in [0.25, 0.3) is 11.1 Å². The van der Waals surface area contributed by atoms with E-state index in [-0.39, 0.29) is 11.9 Å². The van der Waals surface area contributed by atoms with Crippen molar-refractivity contribution in [1.82, 2.24) is 10.2 Å². The lowest BCUT2D eigenvalue weighted by atomic mass is 9.94. The van der Waals surface area contributed by atoms with E-state index in [4.69, 9.17) is 4.74 Å². The third-order valence-electron chi connectivity index (χ3n) is 6.47. The highest BCUT2D eigenvalue weighted by molar-refractivity contribution is 6.04. The number of urea groups is 1. The smallest absolute Gasteiger partial charge is 0.337 e. The molecule has 0 bridgehead atoms. The van der Waals surface area contributed by atoms with Crippen LogP contribution in [0.3, 0.4) is 0 Å². The molecular weight excluding hydrogens is 466 g/mol. The van der Waals surface area contributed by atoms with Gasteiger partial charge in [0, 0.05) is 23.5 Å². The predicted octanol–water partition coefficient (Wildman–Crippen LogP) is 5.92. The van der Waals surface area contributed by atoms with Crippen LogP contribution in [0.1, 0.15) is 48.7 Å². The molecule has 3 aromatic rings. The third-order valence-corrected chi connectivity index (χ3v) is 6.47. The van der Waals surface area contributed by atoms with Gasteiger partial charge in [0.25, 0.3) is 5.91 Å². The molecule has 190 valence electrons. The van der Waals surface area contributed by atoms with E-state index < -0.39 is 12.0 Å². The number of nitrogens with zero attached hydrogens (tertiary/aromatic N) is 1. The molecule has 4 rings (SSSR count). The topological polar surface area (TPSA) is 87.7 Å². The van der Waals surface area contributed by atoms with Crippen molar-refractivity contribution in [3.8, 4) is 11.1 Å². The van der Waals surface area contributed by atoms with Crippen molar-refractivity contribution in [2.75, 3.05) is 19.0 Å². The Balaban J connectivity index is 1.56. The third kappa shape index (κ3) is 5.72. The predicted molar refractivity (Wildman–Crippen MR) is 144 cm³/mol. The van der Waals surface area contributed by atoms with Gasteiger partial charge in [0.2, 0.25) is 0 Å². The summed E-state index contributed by atoms with van der Waals surface area (Å²) in [4.78, 5) is 40.1. The maximum atomic E-state index is 12.9. The first-order valence-corrected chi connectivity index (χ1v) is 12.4. The van der Waals surface area contributed by atoms with Crippen molar-refractivity contribution in [2.24, 2.45) is 0 Å². The van der Waals surface area contributed by atoms with Crippen LogP contribution in [-0.4, -0.2) is 36.5 Å². The minimum Gasteiger partial charge on any atom is -0.466 e. The number of methoxy groups -OCH3 is 1. The zero-order valence-corrected chi connectivity index (χ0v) is 21.3. The van der Waals surface area contributed by atoms with Gasteiger partial charge in [-0.3, -0.25) is 9.69 Å². The molecule has 0 aromatic heterocycles. The molecule has 0 radical (unpaired) electrons. The summed E-state index contributed by atoms with van der Waals surface area (Å²) in [6.07, 6.45) is 1.74. The number of ether oxygens (including phenoxy) is 1. The molecule has 3 amide bonds. The Bertz CT molecular complexity index is 1320. The average Bonchev–Trinajstić information content (AvgIpc) is 2.93. The maximum absolute atomic E-state index is 12.9. The Morgan fingerprint density at radius 2 is 1.68 bits per heavy atom. The van der Waals surface area contributed by atoms with Crippen molar-refractivity contribution in [2.45, 2.75) is 32.7 Å². The second-order valence-electron chi connectivity index (χ2n) is 8.90. The van der Waals surface area contributed by atoms with Crippen molar-refractivity contribution < 1.29 is 19.1 Å². The maximum Gasteiger partial charge on any atom is 0.337 e. The molecular formula is C30H31N3O4. The Kier molecular flexibility index (Phi) is 8.03. The highest BCUT2D eigenvalue weighted by Gasteiger charge is 2.36. The number of hydrogen-bond donors (Lipinski definition) is 2. The second-order valence-corrected chi connectivity index (χ2v) is 8.90. The normalized spacial score (nSPS) is 15.3. The molecule has 3 aromatic carbocycles. The van der Waals surface area contributed by atoms with E-state index in [1.54, 1.807) is 42.2 Å². The number of benzene rings is 3. The summed E-state index contributed by atoms with van der Waals surface area (Å²) in [5.41, 5.74) is 4.79. The van der Waals surface area contributed by atoms with E-state index in [0.29, 0.717) is 34.6 Å². The van der Waals surface area contributed by atoms with Crippen molar-refractivity contribution in [1.29, 1.82) is 0 Å². The van der Waals surface area contributed by atoms with E-state index in [0.717, 1.165) is 24.0 Å². The number of unbranched alkanes of at least 4 members (excludes halogenated alkanes) is 1. The first-order valence-electron chi connectivity index (χ1n) is 12.4.